The van der Waals surface area contributed by atoms with Crippen LogP contribution in [0, 0.1) is 5.92 Å². The molecule has 1 aliphatic rings. The summed E-state index contributed by atoms with van der Waals surface area (Å²) in [7, 11) is 0. The van der Waals surface area contributed by atoms with Gasteiger partial charge in [0.1, 0.15) is 6.54 Å². The highest BCUT2D eigenvalue weighted by atomic mass is 16.2. The third-order valence-corrected chi connectivity index (χ3v) is 3.66. The molecular weight excluding hydrogens is 252 g/mol. The Morgan fingerprint density at radius 3 is 2.50 bits per heavy atom. The SMILES string of the molecule is CC(C)CCCC(C)NC(N)=NCC(=O)N1CCCC1. The Labute approximate surface area is 123 Å². The number of carbonyl (C=O) groups is 1. The van der Waals surface area contributed by atoms with Gasteiger partial charge in [-0.2, -0.15) is 0 Å². The van der Waals surface area contributed by atoms with Crippen LogP contribution in [0.4, 0.5) is 0 Å². The van der Waals surface area contributed by atoms with Gasteiger partial charge in [-0.1, -0.05) is 26.7 Å². The van der Waals surface area contributed by atoms with Crippen LogP contribution in [0.2, 0.25) is 0 Å². The fourth-order valence-electron chi connectivity index (χ4n) is 2.42. The number of guanidine groups is 1. The van der Waals surface area contributed by atoms with Crippen LogP contribution in [-0.2, 0) is 4.79 Å². The average molecular weight is 282 g/mol. The van der Waals surface area contributed by atoms with Gasteiger partial charge >= 0.3 is 0 Å². The normalized spacial score (nSPS) is 17.6. The first kappa shape index (κ1) is 16.8. The van der Waals surface area contributed by atoms with Gasteiger partial charge in [-0.05, 0) is 32.1 Å². The van der Waals surface area contributed by atoms with Gasteiger partial charge < -0.3 is 16.0 Å². The quantitative estimate of drug-likeness (QED) is 0.552. The van der Waals surface area contributed by atoms with E-state index in [9.17, 15) is 4.79 Å². The van der Waals surface area contributed by atoms with Crippen molar-refractivity contribution in [3.05, 3.63) is 0 Å². The van der Waals surface area contributed by atoms with Gasteiger partial charge in [0.2, 0.25) is 5.91 Å². The van der Waals surface area contributed by atoms with Crippen LogP contribution in [0.1, 0.15) is 52.9 Å². The van der Waals surface area contributed by atoms with Crippen LogP contribution in [0.25, 0.3) is 0 Å². The number of nitrogens with zero attached hydrogens (tertiary/aromatic N) is 2. The van der Waals surface area contributed by atoms with Crippen molar-refractivity contribution in [2.24, 2.45) is 16.6 Å². The van der Waals surface area contributed by atoms with Crippen molar-refractivity contribution < 1.29 is 4.79 Å². The van der Waals surface area contributed by atoms with Crippen molar-refractivity contribution in [3.63, 3.8) is 0 Å². The van der Waals surface area contributed by atoms with E-state index in [2.05, 4.69) is 31.1 Å². The number of rotatable bonds is 7. The highest BCUT2D eigenvalue weighted by molar-refractivity contribution is 5.84. The van der Waals surface area contributed by atoms with Crippen LogP contribution in [0.15, 0.2) is 4.99 Å². The molecule has 5 heteroatoms. The van der Waals surface area contributed by atoms with Crippen molar-refractivity contribution >= 4 is 11.9 Å². The minimum absolute atomic E-state index is 0.0831. The van der Waals surface area contributed by atoms with Gasteiger partial charge in [-0.25, -0.2) is 4.99 Å². The first-order chi connectivity index (χ1) is 9.49. The zero-order chi connectivity index (χ0) is 15.0. The first-order valence-corrected chi connectivity index (χ1v) is 7.83. The second-order valence-electron chi connectivity index (χ2n) is 6.16. The Kier molecular flexibility index (Phi) is 7.41. The van der Waals surface area contributed by atoms with Gasteiger partial charge in [0.25, 0.3) is 0 Å². The van der Waals surface area contributed by atoms with Gasteiger partial charge in [0.05, 0.1) is 0 Å². The molecule has 1 rings (SSSR count). The van der Waals surface area contributed by atoms with Gasteiger partial charge in [-0.3, -0.25) is 4.79 Å². The summed E-state index contributed by atoms with van der Waals surface area (Å²) >= 11 is 0. The fourth-order valence-corrected chi connectivity index (χ4v) is 2.42. The van der Waals surface area contributed by atoms with E-state index in [4.69, 9.17) is 5.73 Å². The lowest BCUT2D eigenvalue weighted by Crippen LogP contribution is -2.39. The molecule has 1 atom stereocenters. The number of nitrogens with two attached hydrogens (primary N) is 1. The molecule has 0 aromatic heterocycles. The molecule has 0 bridgehead atoms. The van der Waals surface area contributed by atoms with Gasteiger partial charge in [-0.15, -0.1) is 0 Å². The number of aliphatic imine (C=N–C) groups is 1. The summed E-state index contributed by atoms with van der Waals surface area (Å²) in [5.41, 5.74) is 5.82. The Bertz CT molecular complexity index is 322. The summed E-state index contributed by atoms with van der Waals surface area (Å²) in [6, 6.07) is 0.305. The number of likely N-dealkylation sites (tertiary alicyclic amines) is 1. The predicted molar refractivity (Wildman–Crippen MR) is 83.6 cm³/mol. The number of carbonyl (C=O) groups excluding carboxylic acids is 1. The summed E-state index contributed by atoms with van der Waals surface area (Å²) in [6.45, 7) is 8.47. The average Bonchev–Trinajstić information content (AvgIpc) is 2.89. The lowest BCUT2D eigenvalue weighted by molar-refractivity contribution is -0.128. The molecular formula is C15H30N4O. The number of nitrogens with one attached hydrogen (secondary N) is 1. The topological polar surface area (TPSA) is 70.7 Å². The second-order valence-corrected chi connectivity index (χ2v) is 6.16. The van der Waals surface area contributed by atoms with Crippen molar-refractivity contribution in [3.8, 4) is 0 Å². The standard InChI is InChI=1S/C15H30N4O/c1-12(2)7-6-8-13(3)18-15(16)17-11-14(20)19-9-4-5-10-19/h12-13H,4-11H2,1-3H3,(H3,16,17,18). The largest absolute Gasteiger partial charge is 0.370 e. The lowest BCUT2D eigenvalue weighted by atomic mass is 10.0. The maximum Gasteiger partial charge on any atom is 0.244 e. The fraction of sp³-hybridized carbons (Fsp3) is 0.867. The van der Waals surface area contributed by atoms with E-state index in [1.807, 2.05) is 4.90 Å². The van der Waals surface area contributed by atoms with Crippen LogP contribution in [-0.4, -0.2) is 42.4 Å². The monoisotopic (exact) mass is 282 g/mol. The van der Waals surface area contributed by atoms with E-state index < -0.39 is 0 Å². The molecule has 1 unspecified atom stereocenters. The first-order valence-electron chi connectivity index (χ1n) is 7.83. The van der Waals surface area contributed by atoms with Crippen molar-refractivity contribution in [1.29, 1.82) is 0 Å². The molecule has 0 saturated carbocycles. The third-order valence-electron chi connectivity index (χ3n) is 3.66. The van der Waals surface area contributed by atoms with E-state index >= 15 is 0 Å². The molecule has 3 N–H and O–H groups in total. The predicted octanol–water partition coefficient (Wildman–Crippen LogP) is 1.73. The minimum Gasteiger partial charge on any atom is -0.370 e. The summed E-state index contributed by atoms with van der Waals surface area (Å²) in [6.07, 6.45) is 5.71. The smallest absolute Gasteiger partial charge is 0.244 e. The second kappa shape index (κ2) is 8.82. The summed E-state index contributed by atoms with van der Waals surface area (Å²) in [4.78, 5) is 17.8. The molecule has 1 saturated heterocycles. The Balaban J connectivity index is 2.21. The molecule has 0 aromatic carbocycles. The molecule has 1 heterocycles. The minimum atomic E-state index is 0.0831. The molecule has 0 aromatic rings. The van der Waals surface area contributed by atoms with E-state index in [-0.39, 0.29) is 12.5 Å². The molecule has 0 radical (unpaired) electrons. The van der Waals surface area contributed by atoms with Gasteiger partial charge in [0, 0.05) is 19.1 Å². The summed E-state index contributed by atoms with van der Waals surface area (Å²) < 4.78 is 0. The zero-order valence-corrected chi connectivity index (χ0v) is 13.2. The zero-order valence-electron chi connectivity index (χ0n) is 13.2. The lowest BCUT2D eigenvalue weighted by Gasteiger charge is -2.16. The van der Waals surface area contributed by atoms with E-state index in [1.54, 1.807) is 0 Å². The Hall–Kier alpha value is -1.26. The maximum atomic E-state index is 11.8. The molecule has 116 valence electrons. The summed E-state index contributed by atoms with van der Waals surface area (Å²) in [5, 5.41) is 3.16. The third kappa shape index (κ3) is 6.78. The van der Waals surface area contributed by atoms with Crippen molar-refractivity contribution in [1.82, 2.24) is 10.2 Å². The van der Waals surface area contributed by atoms with Crippen LogP contribution < -0.4 is 11.1 Å². The number of amides is 1. The van der Waals surface area contributed by atoms with Crippen LogP contribution in [0.5, 0.6) is 0 Å². The molecule has 0 aliphatic carbocycles. The highest BCUT2D eigenvalue weighted by Gasteiger charge is 2.17. The van der Waals surface area contributed by atoms with E-state index in [0.29, 0.717) is 12.0 Å². The van der Waals surface area contributed by atoms with Crippen LogP contribution >= 0.6 is 0 Å². The number of hydrogen-bond donors (Lipinski definition) is 2. The number of hydrogen-bond acceptors (Lipinski definition) is 2. The molecule has 5 nitrogen and oxygen atoms in total. The van der Waals surface area contributed by atoms with E-state index in [0.717, 1.165) is 38.3 Å². The van der Waals surface area contributed by atoms with E-state index in [1.165, 1.54) is 12.8 Å². The van der Waals surface area contributed by atoms with Crippen LogP contribution in [0.3, 0.4) is 0 Å². The van der Waals surface area contributed by atoms with Crippen molar-refractivity contribution in [2.45, 2.75) is 58.9 Å². The highest BCUT2D eigenvalue weighted by Crippen LogP contribution is 2.08. The molecule has 1 aliphatic heterocycles. The summed E-state index contributed by atoms with van der Waals surface area (Å²) in [5.74, 6) is 1.21. The molecule has 20 heavy (non-hydrogen) atoms. The Morgan fingerprint density at radius 1 is 1.25 bits per heavy atom. The Morgan fingerprint density at radius 2 is 1.90 bits per heavy atom. The molecule has 0 spiro atoms. The molecule has 1 fully saturated rings. The van der Waals surface area contributed by atoms with Crippen molar-refractivity contribution in [2.75, 3.05) is 19.6 Å². The van der Waals surface area contributed by atoms with Gasteiger partial charge in [0.15, 0.2) is 5.96 Å². The maximum absolute atomic E-state index is 11.8. The molecule has 1 amide bonds.